The van der Waals surface area contributed by atoms with E-state index < -0.39 is 11.9 Å². The zero-order valence-corrected chi connectivity index (χ0v) is 12.0. The lowest BCUT2D eigenvalue weighted by Gasteiger charge is -2.13. The van der Waals surface area contributed by atoms with E-state index in [0.717, 1.165) is 5.56 Å². The van der Waals surface area contributed by atoms with E-state index >= 15 is 0 Å². The summed E-state index contributed by atoms with van der Waals surface area (Å²) >= 11 is 5.73. The zero-order chi connectivity index (χ0) is 14.5. The first-order valence-corrected chi connectivity index (χ1v) is 6.50. The molecule has 2 aromatic rings. The van der Waals surface area contributed by atoms with Gasteiger partial charge in [0.15, 0.2) is 5.22 Å². The Balaban J connectivity index is 2.11. The molecule has 106 valence electrons. The molecule has 5 heteroatoms. The molecule has 0 saturated heterocycles. The predicted molar refractivity (Wildman–Crippen MR) is 75.1 cm³/mol. The number of hydrogen-bond acceptors (Lipinski definition) is 4. The van der Waals surface area contributed by atoms with Gasteiger partial charge in [-0.25, -0.2) is 0 Å². The molecule has 1 atom stereocenters. The number of esters is 1. The number of aryl methyl sites for hydroxylation is 1. The van der Waals surface area contributed by atoms with Crippen molar-refractivity contribution >= 4 is 17.6 Å². The average molecular weight is 295 g/mol. The Bertz CT molecular complexity index is 591. The molecule has 0 spiro atoms. The highest BCUT2D eigenvalue weighted by atomic mass is 35.5. The Kier molecular flexibility index (Phi) is 4.69. The first kappa shape index (κ1) is 14.5. The van der Waals surface area contributed by atoms with Gasteiger partial charge >= 0.3 is 5.97 Å². The first-order chi connectivity index (χ1) is 9.60. The van der Waals surface area contributed by atoms with Crippen LogP contribution in [-0.4, -0.2) is 19.7 Å². The summed E-state index contributed by atoms with van der Waals surface area (Å²) < 4.78 is 15.7. The molecule has 0 saturated carbocycles. The standard InChI is InChI=1S/C15H15ClO4/c1-10-4-3-5-11(8-10)19-9-12(15(17)18-2)13-6-7-14(16)20-13/h3-8,12H,9H2,1-2H3. The van der Waals surface area contributed by atoms with E-state index in [-0.39, 0.29) is 11.8 Å². The second-order valence-corrected chi connectivity index (χ2v) is 4.72. The maximum absolute atomic E-state index is 11.8. The summed E-state index contributed by atoms with van der Waals surface area (Å²) in [5.74, 6) is 0.0442. The molecule has 20 heavy (non-hydrogen) atoms. The molecule has 0 N–H and O–H groups in total. The molecular formula is C15H15ClO4. The van der Waals surface area contributed by atoms with Gasteiger partial charge in [0.25, 0.3) is 0 Å². The van der Waals surface area contributed by atoms with Gasteiger partial charge in [0.1, 0.15) is 24.0 Å². The molecule has 1 heterocycles. The maximum Gasteiger partial charge on any atom is 0.319 e. The van der Waals surface area contributed by atoms with Gasteiger partial charge in [-0.05, 0) is 48.4 Å². The first-order valence-electron chi connectivity index (χ1n) is 6.12. The van der Waals surface area contributed by atoms with Crippen molar-refractivity contribution < 1.29 is 18.7 Å². The van der Waals surface area contributed by atoms with Crippen LogP contribution in [-0.2, 0) is 9.53 Å². The molecule has 0 aliphatic carbocycles. The van der Waals surface area contributed by atoms with Crippen LogP contribution in [0.1, 0.15) is 17.2 Å². The van der Waals surface area contributed by atoms with E-state index in [0.29, 0.717) is 11.5 Å². The number of hydrogen-bond donors (Lipinski definition) is 0. The van der Waals surface area contributed by atoms with Gasteiger partial charge in [-0.1, -0.05) is 12.1 Å². The Morgan fingerprint density at radius 1 is 1.35 bits per heavy atom. The molecule has 2 rings (SSSR count). The van der Waals surface area contributed by atoms with Crippen molar-refractivity contribution in [2.24, 2.45) is 0 Å². The molecular weight excluding hydrogens is 280 g/mol. The summed E-state index contributed by atoms with van der Waals surface area (Å²) in [6.07, 6.45) is 0. The highest BCUT2D eigenvalue weighted by Crippen LogP contribution is 2.24. The van der Waals surface area contributed by atoms with E-state index in [9.17, 15) is 4.79 Å². The number of carbonyl (C=O) groups is 1. The van der Waals surface area contributed by atoms with Crippen molar-refractivity contribution in [3.8, 4) is 5.75 Å². The summed E-state index contributed by atoms with van der Waals surface area (Å²) in [4.78, 5) is 11.8. The monoisotopic (exact) mass is 294 g/mol. The number of methoxy groups -OCH3 is 1. The topological polar surface area (TPSA) is 48.7 Å². The predicted octanol–water partition coefficient (Wildman–Crippen LogP) is 3.58. The number of rotatable bonds is 5. The quantitative estimate of drug-likeness (QED) is 0.791. The Hall–Kier alpha value is -1.94. The fraction of sp³-hybridized carbons (Fsp3) is 0.267. The number of furan rings is 1. The summed E-state index contributed by atoms with van der Waals surface area (Å²) in [6.45, 7) is 2.09. The number of ether oxygens (including phenoxy) is 2. The summed E-state index contributed by atoms with van der Waals surface area (Å²) in [5, 5.41) is 0.226. The van der Waals surface area contributed by atoms with Crippen LogP contribution < -0.4 is 4.74 Å². The van der Waals surface area contributed by atoms with Crippen LogP contribution in [0.5, 0.6) is 5.75 Å². The van der Waals surface area contributed by atoms with Gasteiger partial charge in [-0.15, -0.1) is 0 Å². The van der Waals surface area contributed by atoms with Gasteiger partial charge in [0, 0.05) is 0 Å². The third kappa shape index (κ3) is 3.54. The molecule has 1 aromatic heterocycles. The van der Waals surface area contributed by atoms with Gasteiger partial charge < -0.3 is 13.9 Å². The van der Waals surface area contributed by atoms with E-state index in [1.807, 2.05) is 31.2 Å². The number of benzene rings is 1. The van der Waals surface area contributed by atoms with Crippen LogP contribution in [0.25, 0.3) is 0 Å². The lowest BCUT2D eigenvalue weighted by molar-refractivity contribution is -0.143. The van der Waals surface area contributed by atoms with E-state index in [1.165, 1.54) is 7.11 Å². The highest BCUT2D eigenvalue weighted by Gasteiger charge is 2.26. The Morgan fingerprint density at radius 3 is 2.75 bits per heavy atom. The SMILES string of the molecule is COC(=O)C(COc1cccc(C)c1)c1ccc(Cl)o1. The normalized spacial score (nSPS) is 11.9. The van der Waals surface area contributed by atoms with Gasteiger partial charge in [0.2, 0.25) is 0 Å². The third-order valence-electron chi connectivity index (χ3n) is 2.83. The summed E-state index contributed by atoms with van der Waals surface area (Å²) in [5.41, 5.74) is 1.08. The van der Waals surface area contributed by atoms with Crippen molar-refractivity contribution in [1.82, 2.24) is 0 Å². The van der Waals surface area contributed by atoms with Crippen molar-refractivity contribution in [2.75, 3.05) is 13.7 Å². The lowest BCUT2D eigenvalue weighted by atomic mass is 10.1. The summed E-state index contributed by atoms with van der Waals surface area (Å²) in [7, 11) is 1.33. The maximum atomic E-state index is 11.8. The van der Waals surface area contributed by atoms with Crippen LogP contribution >= 0.6 is 11.6 Å². The van der Waals surface area contributed by atoms with Gasteiger partial charge in [0.05, 0.1) is 7.11 Å². The van der Waals surface area contributed by atoms with Gasteiger partial charge in [-0.2, -0.15) is 0 Å². The zero-order valence-electron chi connectivity index (χ0n) is 11.3. The number of carbonyl (C=O) groups excluding carboxylic acids is 1. The molecule has 0 aliphatic heterocycles. The van der Waals surface area contributed by atoms with E-state index in [2.05, 4.69) is 0 Å². The number of halogens is 1. The van der Waals surface area contributed by atoms with Crippen LogP contribution in [0.2, 0.25) is 5.22 Å². The van der Waals surface area contributed by atoms with Crippen molar-refractivity contribution in [3.63, 3.8) is 0 Å². The molecule has 0 bridgehead atoms. The van der Waals surface area contributed by atoms with Crippen LogP contribution in [0, 0.1) is 6.92 Å². The molecule has 4 nitrogen and oxygen atoms in total. The molecule has 1 aromatic carbocycles. The fourth-order valence-corrected chi connectivity index (χ4v) is 1.96. The Labute approximate surface area is 122 Å². The average Bonchev–Trinajstić information content (AvgIpc) is 2.85. The molecule has 0 amide bonds. The van der Waals surface area contributed by atoms with Crippen LogP contribution in [0.15, 0.2) is 40.8 Å². The molecule has 0 aliphatic rings. The smallest absolute Gasteiger partial charge is 0.319 e. The van der Waals surface area contributed by atoms with Gasteiger partial charge in [-0.3, -0.25) is 4.79 Å². The minimum absolute atomic E-state index is 0.125. The van der Waals surface area contributed by atoms with Crippen molar-refractivity contribution in [3.05, 3.63) is 52.9 Å². The minimum Gasteiger partial charge on any atom is -0.492 e. The molecule has 0 radical (unpaired) electrons. The third-order valence-corrected chi connectivity index (χ3v) is 3.03. The van der Waals surface area contributed by atoms with E-state index in [1.54, 1.807) is 12.1 Å². The fourth-order valence-electron chi connectivity index (χ4n) is 1.81. The van der Waals surface area contributed by atoms with Crippen LogP contribution in [0.3, 0.4) is 0 Å². The second kappa shape index (κ2) is 6.48. The van der Waals surface area contributed by atoms with Crippen molar-refractivity contribution in [2.45, 2.75) is 12.8 Å². The molecule has 1 unspecified atom stereocenters. The van der Waals surface area contributed by atoms with Crippen LogP contribution in [0.4, 0.5) is 0 Å². The minimum atomic E-state index is -0.645. The lowest BCUT2D eigenvalue weighted by Crippen LogP contribution is -2.20. The highest BCUT2D eigenvalue weighted by molar-refractivity contribution is 6.28. The summed E-state index contributed by atoms with van der Waals surface area (Å²) in [6, 6.07) is 10.8. The molecule has 0 fully saturated rings. The second-order valence-electron chi connectivity index (χ2n) is 4.35. The van der Waals surface area contributed by atoms with Crippen molar-refractivity contribution in [1.29, 1.82) is 0 Å². The largest absolute Gasteiger partial charge is 0.492 e. The van der Waals surface area contributed by atoms with E-state index in [4.69, 9.17) is 25.5 Å². The Morgan fingerprint density at radius 2 is 2.15 bits per heavy atom.